The van der Waals surface area contributed by atoms with E-state index in [-0.39, 0.29) is 36.6 Å². The maximum Gasteiger partial charge on any atom is 0.409 e. The van der Waals surface area contributed by atoms with Crippen molar-refractivity contribution in [3.63, 3.8) is 0 Å². The molecule has 11 nitrogen and oxygen atoms in total. The quantitative estimate of drug-likeness (QED) is 0.544. The summed E-state index contributed by atoms with van der Waals surface area (Å²) in [7, 11) is 0. The number of hydrogen-bond donors (Lipinski definition) is 2. The number of nitrogens with zero attached hydrogens (tertiary/aromatic N) is 4. The molecular weight excluding hydrogens is 452 g/mol. The van der Waals surface area contributed by atoms with Gasteiger partial charge in [-0.3, -0.25) is 19.1 Å². The summed E-state index contributed by atoms with van der Waals surface area (Å²) < 4.78 is 6.38. The molecule has 0 radical (unpaired) electrons. The van der Waals surface area contributed by atoms with Crippen molar-refractivity contribution in [2.24, 2.45) is 0 Å². The summed E-state index contributed by atoms with van der Waals surface area (Å²) in [5.74, 6) is -0.155. The summed E-state index contributed by atoms with van der Waals surface area (Å²) in [6, 6.07) is 9.42. The van der Waals surface area contributed by atoms with Gasteiger partial charge in [-0.05, 0) is 18.9 Å². The Hall–Kier alpha value is -3.76. The molecule has 1 fully saturated rings. The Bertz CT molecular complexity index is 1120. The first kappa shape index (κ1) is 25.9. The molecule has 1 aliphatic rings. The lowest BCUT2D eigenvalue weighted by molar-refractivity contribution is -0.131. The number of aromatic amines is 1. The number of nitrogen functional groups attached to an aromatic ring is 1. The maximum absolute atomic E-state index is 13.2. The number of unbranched alkanes of at least 4 members (excludes halogenated alkanes) is 1. The SMILES string of the molecule is CCCCn1c(N)c(N(CC(=O)N2CCN(C(=O)OCC)CC2)Cc2ccccc2)c(=O)[nH]c1=O. The first-order valence-corrected chi connectivity index (χ1v) is 12.0. The number of aromatic nitrogens is 2. The molecule has 1 aromatic carbocycles. The minimum absolute atomic E-state index is 0.0445. The smallest absolute Gasteiger partial charge is 0.409 e. The summed E-state index contributed by atoms with van der Waals surface area (Å²) in [6.45, 7) is 6.02. The largest absolute Gasteiger partial charge is 0.450 e. The number of piperazine rings is 1. The van der Waals surface area contributed by atoms with Crippen molar-refractivity contribution in [1.29, 1.82) is 0 Å². The predicted octanol–water partition coefficient (Wildman–Crippen LogP) is 1.23. The molecule has 1 aromatic heterocycles. The normalized spacial score (nSPS) is 13.5. The maximum atomic E-state index is 13.2. The van der Waals surface area contributed by atoms with Crippen LogP contribution >= 0.6 is 0 Å². The fourth-order valence-electron chi connectivity index (χ4n) is 4.06. The number of rotatable bonds is 9. The summed E-state index contributed by atoms with van der Waals surface area (Å²) >= 11 is 0. The van der Waals surface area contributed by atoms with E-state index < -0.39 is 11.2 Å². The fraction of sp³-hybridized carbons (Fsp3) is 0.500. The van der Waals surface area contributed by atoms with Crippen molar-refractivity contribution in [1.82, 2.24) is 19.4 Å². The van der Waals surface area contributed by atoms with Crippen LogP contribution in [0.15, 0.2) is 39.9 Å². The van der Waals surface area contributed by atoms with Crippen molar-refractivity contribution in [3.8, 4) is 0 Å². The van der Waals surface area contributed by atoms with Crippen LogP contribution in [0.1, 0.15) is 32.3 Å². The number of nitrogens with two attached hydrogens (primary N) is 1. The number of H-pyrrole nitrogens is 1. The lowest BCUT2D eigenvalue weighted by atomic mass is 10.2. The van der Waals surface area contributed by atoms with Crippen molar-refractivity contribution in [2.75, 3.05) is 50.0 Å². The third kappa shape index (κ3) is 6.43. The monoisotopic (exact) mass is 486 g/mol. The van der Waals surface area contributed by atoms with Gasteiger partial charge in [0.05, 0.1) is 13.2 Å². The van der Waals surface area contributed by atoms with Crippen LogP contribution in [-0.4, -0.2) is 70.7 Å². The minimum Gasteiger partial charge on any atom is -0.450 e. The fourth-order valence-corrected chi connectivity index (χ4v) is 4.06. The number of nitrogens with one attached hydrogen (secondary N) is 1. The standard InChI is InChI=1S/C24H34N6O5/c1-3-5-11-30-21(25)20(22(32)26-23(30)33)29(16-18-9-7-6-8-10-18)17-19(31)27-12-14-28(15-13-27)24(34)35-4-2/h6-10H,3-5,11-17,25H2,1-2H3,(H,26,32,33). The van der Waals surface area contributed by atoms with Gasteiger partial charge in [0.15, 0.2) is 0 Å². The lowest BCUT2D eigenvalue weighted by Gasteiger charge is -2.35. The highest BCUT2D eigenvalue weighted by Gasteiger charge is 2.28. The highest BCUT2D eigenvalue weighted by Crippen LogP contribution is 2.20. The van der Waals surface area contributed by atoms with Crippen LogP contribution in [0, 0.1) is 0 Å². The molecule has 0 aliphatic carbocycles. The molecule has 1 saturated heterocycles. The number of anilines is 2. The molecule has 190 valence electrons. The Labute approximate surface area is 204 Å². The number of amides is 2. The van der Waals surface area contributed by atoms with Crippen molar-refractivity contribution >= 4 is 23.5 Å². The number of carbonyl (C=O) groups is 2. The molecule has 0 bridgehead atoms. The minimum atomic E-state index is -0.629. The second kappa shape index (κ2) is 12.1. The predicted molar refractivity (Wildman–Crippen MR) is 133 cm³/mol. The van der Waals surface area contributed by atoms with E-state index >= 15 is 0 Å². The molecular formula is C24H34N6O5. The van der Waals surface area contributed by atoms with Gasteiger partial charge in [0, 0.05) is 39.3 Å². The van der Waals surface area contributed by atoms with Gasteiger partial charge < -0.3 is 25.2 Å². The summed E-state index contributed by atoms with van der Waals surface area (Å²) in [5, 5.41) is 0. The van der Waals surface area contributed by atoms with E-state index in [1.807, 2.05) is 37.3 Å². The third-order valence-electron chi connectivity index (χ3n) is 5.97. The second-order valence-electron chi connectivity index (χ2n) is 8.41. The average molecular weight is 487 g/mol. The van der Waals surface area contributed by atoms with Crippen LogP contribution in [0.5, 0.6) is 0 Å². The Morgan fingerprint density at radius 1 is 1.06 bits per heavy atom. The molecule has 35 heavy (non-hydrogen) atoms. The van der Waals surface area contributed by atoms with E-state index in [1.165, 1.54) is 4.57 Å². The van der Waals surface area contributed by atoms with Gasteiger partial charge in [0.2, 0.25) is 5.91 Å². The number of ether oxygens (including phenoxy) is 1. The number of benzene rings is 1. The molecule has 2 amide bonds. The molecule has 0 unspecified atom stereocenters. The Morgan fingerprint density at radius 2 is 1.71 bits per heavy atom. The van der Waals surface area contributed by atoms with Gasteiger partial charge in [-0.15, -0.1) is 0 Å². The molecule has 0 atom stereocenters. The van der Waals surface area contributed by atoms with Gasteiger partial charge in [0.1, 0.15) is 11.5 Å². The van der Waals surface area contributed by atoms with Gasteiger partial charge >= 0.3 is 11.8 Å². The third-order valence-corrected chi connectivity index (χ3v) is 5.97. The summed E-state index contributed by atoms with van der Waals surface area (Å²) in [6.07, 6.45) is 1.18. The van der Waals surface area contributed by atoms with Gasteiger partial charge in [-0.25, -0.2) is 9.59 Å². The topological polar surface area (TPSA) is 134 Å². The van der Waals surface area contributed by atoms with E-state index in [2.05, 4.69) is 4.98 Å². The van der Waals surface area contributed by atoms with Gasteiger partial charge in [0.25, 0.3) is 5.56 Å². The lowest BCUT2D eigenvalue weighted by Crippen LogP contribution is -2.53. The molecule has 1 aliphatic heterocycles. The molecule has 0 saturated carbocycles. The Balaban J connectivity index is 1.85. The van der Waals surface area contributed by atoms with E-state index in [0.717, 1.165) is 18.4 Å². The summed E-state index contributed by atoms with van der Waals surface area (Å²) in [5.41, 5.74) is 6.13. The molecule has 0 spiro atoms. The number of hydrogen-bond acceptors (Lipinski definition) is 7. The Kier molecular flexibility index (Phi) is 8.93. The molecule has 2 aromatic rings. The average Bonchev–Trinajstić information content (AvgIpc) is 2.84. The van der Waals surface area contributed by atoms with Crippen molar-refractivity contribution in [2.45, 2.75) is 39.8 Å². The molecule has 3 rings (SSSR count). The highest BCUT2D eigenvalue weighted by atomic mass is 16.6. The molecule has 2 heterocycles. The van der Waals surface area contributed by atoms with Crippen molar-refractivity contribution < 1.29 is 14.3 Å². The van der Waals surface area contributed by atoms with E-state index in [1.54, 1.807) is 21.6 Å². The zero-order valence-corrected chi connectivity index (χ0v) is 20.4. The van der Waals surface area contributed by atoms with Crippen LogP contribution in [0.3, 0.4) is 0 Å². The second-order valence-corrected chi connectivity index (χ2v) is 8.41. The van der Waals surface area contributed by atoms with Crippen molar-refractivity contribution in [3.05, 3.63) is 56.7 Å². The van der Waals surface area contributed by atoms with Crippen LogP contribution in [0.2, 0.25) is 0 Å². The molecule has 11 heteroatoms. The zero-order valence-electron chi connectivity index (χ0n) is 20.4. The zero-order chi connectivity index (χ0) is 25.4. The van der Waals surface area contributed by atoms with Crippen LogP contribution < -0.4 is 21.9 Å². The van der Waals surface area contributed by atoms with Crippen LogP contribution in [0.4, 0.5) is 16.3 Å². The number of carbonyl (C=O) groups excluding carboxylic acids is 2. The van der Waals surface area contributed by atoms with Crippen LogP contribution in [-0.2, 0) is 22.6 Å². The summed E-state index contributed by atoms with van der Waals surface area (Å²) in [4.78, 5) is 57.7. The Morgan fingerprint density at radius 3 is 2.34 bits per heavy atom. The van der Waals surface area contributed by atoms with E-state index in [9.17, 15) is 19.2 Å². The van der Waals surface area contributed by atoms with Crippen LogP contribution in [0.25, 0.3) is 0 Å². The first-order chi connectivity index (χ1) is 16.8. The highest BCUT2D eigenvalue weighted by molar-refractivity contribution is 5.83. The van der Waals surface area contributed by atoms with Gasteiger partial charge in [-0.2, -0.15) is 0 Å². The molecule has 3 N–H and O–H groups in total. The van der Waals surface area contributed by atoms with E-state index in [4.69, 9.17) is 10.5 Å². The first-order valence-electron chi connectivity index (χ1n) is 12.0. The van der Waals surface area contributed by atoms with Gasteiger partial charge in [-0.1, -0.05) is 43.7 Å². The van der Waals surface area contributed by atoms with E-state index in [0.29, 0.717) is 39.3 Å².